The molecule has 1 aliphatic heterocycles. The zero-order chi connectivity index (χ0) is 19.7. The lowest BCUT2D eigenvalue weighted by Gasteiger charge is -2.26. The largest absolute Gasteiger partial charge is 0.337 e. The third-order valence-corrected chi connectivity index (χ3v) is 7.35. The standard InChI is InChI=1S/C18H20N2O5S2/c1-14-2-6-16(7-3-14)19-27(24,25)17-8-4-15(5-9-17)18(21)20-10-12-26(22,23)13-11-20/h2-9,19H,10-13H2,1H3. The Morgan fingerprint density at radius 3 is 2.07 bits per heavy atom. The Bertz CT molecular complexity index is 1030. The number of sulfonamides is 1. The third-order valence-electron chi connectivity index (χ3n) is 4.35. The number of sulfone groups is 1. The Hall–Kier alpha value is -2.39. The van der Waals surface area contributed by atoms with Gasteiger partial charge in [-0.3, -0.25) is 9.52 Å². The number of hydrogen-bond acceptors (Lipinski definition) is 5. The van der Waals surface area contributed by atoms with Crippen LogP contribution in [0.5, 0.6) is 0 Å². The van der Waals surface area contributed by atoms with Gasteiger partial charge in [0.15, 0.2) is 9.84 Å². The lowest BCUT2D eigenvalue weighted by Crippen LogP contribution is -2.43. The lowest BCUT2D eigenvalue weighted by atomic mass is 10.2. The molecule has 1 aliphatic rings. The van der Waals surface area contributed by atoms with E-state index in [0.717, 1.165) is 5.56 Å². The Kier molecular flexibility index (Phi) is 5.25. The van der Waals surface area contributed by atoms with E-state index < -0.39 is 19.9 Å². The highest BCUT2D eigenvalue weighted by Crippen LogP contribution is 2.18. The maximum absolute atomic E-state index is 12.5. The van der Waals surface area contributed by atoms with Gasteiger partial charge in [-0.15, -0.1) is 0 Å². The minimum absolute atomic E-state index is 0.0425. The van der Waals surface area contributed by atoms with E-state index in [2.05, 4.69) is 4.72 Å². The minimum Gasteiger partial charge on any atom is -0.337 e. The minimum atomic E-state index is -3.76. The van der Waals surface area contributed by atoms with Crippen LogP contribution in [0.2, 0.25) is 0 Å². The van der Waals surface area contributed by atoms with Crippen LogP contribution in [0.4, 0.5) is 5.69 Å². The number of hydrogen-bond donors (Lipinski definition) is 1. The fourth-order valence-electron chi connectivity index (χ4n) is 2.71. The van der Waals surface area contributed by atoms with E-state index in [-0.39, 0.29) is 35.4 Å². The molecule has 1 fully saturated rings. The predicted molar refractivity (Wildman–Crippen MR) is 103 cm³/mol. The highest BCUT2D eigenvalue weighted by atomic mass is 32.2. The quantitative estimate of drug-likeness (QED) is 0.829. The van der Waals surface area contributed by atoms with Crippen molar-refractivity contribution in [1.29, 1.82) is 0 Å². The summed E-state index contributed by atoms with van der Waals surface area (Å²) in [6.07, 6.45) is 0. The molecule has 1 amide bonds. The molecule has 7 nitrogen and oxygen atoms in total. The SMILES string of the molecule is Cc1ccc(NS(=O)(=O)c2ccc(C(=O)N3CCS(=O)(=O)CC3)cc2)cc1. The van der Waals surface area contributed by atoms with E-state index >= 15 is 0 Å². The van der Waals surface area contributed by atoms with Crippen LogP contribution >= 0.6 is 0 Å². The van der Waals surface area contributed by atoms with E-state index in [9.17, 15) is 21.6 Å². The molecule has 2 aromatic carbocycles. The van der Waals surface area contributed by atoms with Crippen molar-refractivity contribution in [2.75, 3.05) is 29.3 Å². The molecule has 27 heavy (non-hydrogen) atoms. The normalized spacial score (nSPS) is 16.7. The molecule has 0 spiro atoms. The smallest absolute Gasteiger partial charge is 0.261 e. The van der Waals surface area contributed by atoms with Crippen molar-refractivity contribution in [1.82, 2.24) is 4.90 Å². The molecule has 0 unspecified atom stereocenters. The number of anilines is 1. The number of carbonyl (C=O) groups excluding carboxylic acids is 1. The first kappa shape index (κ1) is 19.4. The predicted octanol–water partition coefficient (Wildman–Crippen LogP) is 1.67. The van der Waals surface area contributed by atoms with E-state index in [1.165, 1.54) is 29.2 Å². The molecule has 144 valence electrons. The molecule has 1 saturated heterocycles. The summed E-state index contributed by atoms with van der Waals surface area (Å²) in [4.78, 5) is 14.0. The maximum Gasteiger partial charge on any atom is 0.261 e. The van der Waals surface area contributed by atoms with Crippen molar-refractivity contribution in [3.8, 4) is 0 Å². The Morgan fingerprint density at radius 1 is 0.963 bits per heavy atom. The van der Waals surface area contributed by atoms with E-state index in [4.69, 9.17) is 0 Å². The average Bonchev–Trinajstić information content (AvgIpc) is 2.63. The highest BCUT2D eigenvalue weighted by molar-refractivity contribution is 7.92. The molecule has 2 aromatic rings. The average molecular weight is 409 g/mol. The summed E-state index contributed by atoms with van der Waals surface area (Å²) >= 11 is 0. The molecular formula is C18H20N2O5S2. The van der Waals surface area contributed by atoms with Gasteiger partial charge >= 0.3 is 0 Å². The summed E-state index contributed by atoms with van der Waals surface area (Å²) in [7, 11) is -6.83. The summed E-state index contributed by atoms with van der Waals surface area (Å²) in [5.74, 6) is -0.405. The third kappa shape index (κ3) is 4.67. The molecule has 1 N–H and O–H groups in total. The zero-order valence-corrected chi connectivity index (χ0v) is 16.4. The van der Waals surface area contributed by atoms with Crippen molar-refractivity contribution in [2.45, 2.75) is 11.8 Å². The van der Waals surface area contributed by atoms with Gasteiger partial charge in [-0.25, -0.2) is 16.8 Å². The van der Waals surface area contributed by atoms with Gasteiger partial charge in [-0.1, -0.05) is 17.7 Å². The molecule has 0 saturated carbocycles. The van der Waals surface area contributed by atoms with Crippen LogP contribution < -0.4 is 4.72 Å². The van der Waals surface area contributed by atoms with Gasteiger partial charge in [-0.05, 0) is 43.3 Å². The molecule has 1 heterocycles. The van der Waals surface area contributed by atoms with Gasteiger partial charge in [-0.2, -0.15) is 0 Å². The van der Waals surface area contributed by atoms with Gasteiger partial charge in [0.2, 0.25) is 0 Å². The van der Waals surface area contributed by atoms with Crippen LogP contribution in [0, 0.1) is 6.92 Å². The van der Waals surface area contributed by atoms with Crippen LogP contribution in [-0.2, 0) is 19.9 Å². The van der Waals surface area contributed by atoms with Crippen LogP contribution in [0.15, 0.2) is 53.4 Å². The molecule has 0 atom stereocenters. The van der Waals surface area contributed by atoms with Gasteiger partial charge in [0, 0.05) is 24.3 Å². The van der Waals surface area contributed by atoms with Crippen LogP contribution in [0.1, 0.15) is 15.9 Å². The van der Waals surface area contributed by atoms with E-state index in [1.807, 2.05) is 6.92 Å². The Balaban J connectivity index is 1.72. The Labute approximate surface area is 159 Å². The van der Waals surface area contributed by atoms with Gasteiger partial charge in [0.25, 0.3) is 15.9 Å². The summed E-state index contributed by atoms with van der Waals surface area (Å²) in [5.41, 5.74) is 1.80. The van der Waals surface area contributed by atoms with Crippen LogP contribution in [0.3, 0.4) is 0 Å². The number of nitrogens with zero attached hydrogens (tertiary/aromatic N) is 1. The number of benzene rings is 2. The summed E-state index contributed by atoms with van der Waals surface area (Å²) in [6, 6.07) is 12.6. The zero-order valence-electron chi connectivity index (χ0n) is 14.8. The second-order valence-electron chi connectivity index (χ2n) is 6.44. The number of amides is 1. The fourth-order valence-corrected chi connectivity index (χ4v) is 4.97. The van der Waals surface area contributed by atoms with Gasteiger partial charge in [0.05, 0.1) is 16.4 Å². The maximum atomic E-state index is 12.5. The summed E-state index contributed by atoms with van der Waals surface area (Å²) in [6.45, 7) is 2.21. The number of nitrogens with one attached hydrogen (secondary N) is 1. The number of rotatable bonds is 4. The van der Waals surface area contributed by atoms with Crippen LogP contribution in [-0.4, -0.2) is 52.2 Å². The second kappa shape index (κ2) is 7.32. The topological polar surface area (TPSA) is 101 Å². The molecule has 0 aromatic heterocycles. The van der Waals surface area contributed by atoms with Crippen molar-refractivity contribution >= 4 is 31.5 Å². The van der Waals surface area contributed by atoms with Crippen molar-refractivity contribution in [2.24, 2.45) is 0 Å². The van der Waals surface area contributed by atoms with E-state index in [1.54, 1.807) is 24.3 Å². The summed E-state index contributed by atoms with van der Waals surface area (Å²) in [5, 5.41) is 0. The highest BCUT2D eigenvalue weighted by Gasteiger charge is 2.26. The van der Waals surface area contributed by atoms with Gasteiger partial charge in [0.1, 0.15) is 0 Å². The molecule has 0 aliphatic carbocycles. The van der Waals surface area contributed by atoms with Gasteiger partial charge < -0.3 is 4.90 Å². The van der Waals surface area contributed by atoms with Crippen molar-refractivity contribution in [3.63, 3.8) is 0 Å². The van der Waals surface area contributed by atoms with Crippen molar-refractivity contribution < 1.29 is 21.6 Å². The second-order valence-corrected chi connectivity index (χ2v) is 10.4. The molecule has 3 rings (SSSR count). The van der Waals surface area contributed by atoms with E-state index in [0.29, 0.717) is 11.3 Å². The van der Waals surface area contributed by atoms with Crippen molar-refractivity contribution in [3.05, 3.63) is 59.7 Å². The summed E-state index contributed by atoms with van der Waals surface area (Å²) < 4.78 is 50.4. The van der Waals surface area contributed by atoms with Crippen LogP contribution in [0.25, 0.3) is 0 Å². The first-order valence-corrected chi connectivity index (χ1v) is 11.7. The fraction of sp³-hybridized carbons (Fsp3) is 0.278. The monoisotopic (exact) mass is 408 g/mol. The first-order valence-electron chi connectivity index (χ1n) is 8.36. The molecule has 0 radical (unpaired) electrons. The number of carbonyl (C=O) groups is 1. The molecule has 9 heteroatoms. The molecular weight excluding hydrogens is 388 g/mol. The lowest BCUT2D eigenvalue weighted by molar-refractivity contribution is 0.0770. The Morgan fingerprint density at radius 2 is 1.52 bits per heavy atom. The first-order chi connectivity index (χ1) is 12.7. The number of aryl methyl sites for hydroxylation is 1. The molecule has 0 bridgehead atoms.